The molecule has 0 fully saturated rings. The SMILES string of the molecule is COCCCS(=O)(=O)N(C)C(C)c1ccc(O)cc1. The van der Waals surface area contributed by atoms with Gasteiger partial charge in [0.25, 0.3) is 0 Å². The summed E-state index contributed by atoms with van der Waals surface area (Å²) >= 11 is 0. The van der Waals surface area contributed by atoms with E-state index in [9.17, 15) is 13.5 Å². The number of nitrogens with zero attached hydrogens (tertiary/aromatic N) is 1. The number of phenolic OH excluding ortho intramolecular Hbond substituents is 1. The van der Waals surface area contributed by atoms with Gasteiger partial charge >= 0.3 is 0 Å². The fourth-order valence-electron chi connectivity index (χ4n) is 1.73. The van der Waals surface area contributed by atoms with Crippen molar-refractivity contribution in [2.24, 2.45) is 0 Å². The van der Waals surface area contributed by atoms with E-state index in [0.29, 0.717) is 13.0 Å². The van der Waals surface area contributed by atoms with E-state index in [0.717, 1.165) is 5.56 Å². The second-order valence-electron chi connectivity index (χ2n) is 4.45. The van der Waals surface area contributed by atoms with Crippen LogP contribution in [0.3, 0.4) is 0 Å². The summed E-state index contributed by atoms with van der Waals surface area (Å²) in [5, 5.41) is 9.23. The molecule has 1 aromatic rings. The first-order valence-corrected chi connectivity index (χ1v) is 7.73. The predicted molar refractivity (Wildman–Crippen MR) is 74.6 cm³/mol. The number of phenols is 1. The highest BCUT2D eigenvalue weighted by atomic mass is 32.2. The molecule has 1 N–H and O–H groups in total. The minimum absolute atomic E-state index is 0.0692. The zero-order valence-corrected chi connectivity index (χ0v) is 12.4. The summed E-state index contributed by atoms with van der Waals surface area (Å²) in [6.07, 6.45) is 0.478. The van der Waals surface area contributed by atoms with Crippen LogP contribution >= 0.6 is 0 Å². The van der Waals surface area contributed by atoms with Gasteiger partial charge in [-0.25, -0.2) is 8.42 Å². The summed E-state index contributed by atoms with van der Waals surface area (Å²) in [6, 6.07) is 6.28. The van der Waals surface area contributed by atoms with Gasteiger partial charge in [-0.15, -0.1) is 0 Å². The van der Waals surface area contributed by atoms with Gasteiger partial charge in [0.05, 0.1) is 5.75 Å². The number of ether oxygens (including phenoxy) is 1. The summed E-state index contributed by atoms with van der Waals surface area (Å²) in [5.41, 5.74) is 0.843. The van der Waals surface area contributed by atoms with Crippen LogP contribution in [0, 0.1) is 0 Å². The number of aromatic hydroxyl groups is 1. The van der Waals surface area contributed by atoms with Crippen LogP contribution in [0.15, 0.2) is 24.3 Å². The van der Waals surface area contributed by atoms with E-state index < -0.39 is 10.0 Å². The van der Waals surface area contributed by atoms with Crippen LogP contribution < -0.4 is 0 Å². The van der Waals surface area contributed by atoms with E-state index in [1.165, 1.54) is 4.31 Å². The van der Waals surface area contributed by atoms with Crippen molar-refractivity contribution in [2.75, 3.05) is 26.5 Å². The molecule has 0 aliphatic carbocycles. The van der Waals surface area contributed by atoms with E-state index in [4.69, 9.17) is 4.74 Å². The van der Waals surface area contributed by atoms with Gasteiger partial charge in [-0.3, -0.25) is 0 Å². The molecule has 6 heteroatoms. The Morgan fingerprint density at radius 1 is 1.32 bits per heavy atom. The molecule has 19 heavy (non-hydrogen) atoms. The van der Waals surface area contributed by atoms with Gasteiger partial charge in [-0.2, -0.15) is 4.31 Å². The van der Waals surface area contributed by atoms with Crippen LogP contribution in [0.5, 0.6) is 5.75 Å². The number of benzene rings is 1. The molecule has 0 aliphatic heterocycles. The van der Waals surface area contributed by atoms with Crippen LogP contribution in [0.1, 0.15) is 24.9 Å². The zero-order chi connectivity index (χ0) is 14.5. The maximum absolute atomic E-state index is 12.1. The maximum Gasteiger partial charge on any atom is 0.214 e. The predicted octanol–water partition coefficient (Wildman–Crippen LogP) is 1.75. The Labute approximate surface area is 114 Å². The zero-order valence-electron chi connectivity index (χ0n) is 11.5. The van der Waals surface area contributed by atoms with E-state index >= 15 is 0 Å². The van der Waals surface area contributed by atoms with Gasteiger partial charge in [0.2, 0.25) is 10.0 Å². The van der Waals surface area contributed by atoms with Crippen molar-refractivity contribution in [3.63, 3.8) is 0 Å². The summed E-state index contributed by atoms with van der Waals surface area (Å²) < 4.78 is 30.4. The molecule has 0 aliphatic rings. The summed E-state index contributed by atoms with van der Waals surface area (Å²) in [7, 11) is -0.179. The molecule has 0 aromatic heterocycles. The maximum atomic E-state index is 12.1. The summed E-state index contributed by atoms with van der Waals surface area (Å²) in [5.74, 6) is 0.237. The van der Waals surface area contributed by atoms with Gasteiger partial charge in [-0.05, 0) is 31.0 Å². The van der Waals surface area contributed by atoms with Gasteiger partial charge in [0, 0.05) is 26.8 Å². The van der Waals surface area contributed by atoms with E-state index in [1.54, 1.807) is 38.4 Å². The van der Waals surface area contributed by atoms with E-state index in [2.05, 4.69) is 0 Å². The third kappa shape index (κ3) is 4.49. The first-order chi connectivity index (χ1) is 8.88. The van der Waals surface area contributed by atoms with E-state index in [1.807, 2.05) is 6.92 Å². The monoisotopic (exact) mass is 287 g/mol. The topological polar surface area (TPSA) is 66.8 Å². The number of rotatable bonds is 7. The Kier molecular flexibility index (Phi) is 5.78. The first-order valence-electron chi connectivity index (χ1n) is 6.12. The fraction of sp³-hybridized carbons (Fsp3) is 0.538. The second-order valence-corrected chi connectivity index (χ2v) is 6.59. The molecule has 0 spiro atoms. The first kappa shape index (κ1) is 15.9. The fourth-order valence-corrected chi connectivity index (χ4v) is 3.11. The highest BCUT2D eigenvalue weighted by Crippen LogP contribution is 2.23. The highest BCUT2D eigenvalue weighted by molar-refractivity contribution is 7.89. The van der Waals surface area contributed by atoms with Crippen molar-refractivity contribution in [3.8, 4) is 5.75 Å². The molecule has 0 heterocycles. The van der Waals surface area contributed by atoms with Crippen LogP contribution in [-0.2, 0) is 14.8 Å². The molecule has 0 radical (unpaired) electrons. The van der Waals surface area contributed by atoms with Crippen molar-refractivity contribution >= 4 is 10.0 Å². The molecule has 0 saturated heterocycles. The lowest BCUT2D eigenvalue weighted by atomic mass is 10.1. The second kappa shape index (κ2) is 6.88. The quantitative estimate of drug-likeness (QED) is 0.776. The van der Waals surface area contributed by atoms with Gasteiger partial charge in [-0.1, -0.05) is 12.1 Å². The van der Waals surface area contributed by atoms with Crippen molar-refractivity contribution in [3.05, 3.63) is 29.8 Å². The Hall–Kier alpha value is -1.11. The van der Waals surface area contributed by atoms with E-state index in [-0.39, 0.29) is 17.5 Å². The molecule has 1 rings (SSSR count). The van der Waals surface area contributed by atoms with Crippen LogP contribution in [0.2, 0.25) is 0 Å². The Bertz CT molecular complexity index is 484. The summed E-state index contributed by atoms with van der Waals surface area (Å²) in [4.78, 5) is 0. The van der Waals surface area contributed by atoms with Crippen molar-refractivity contribution in [1.82, 2.24) is 4.31 Å². The Morgan fingerprint density at radius 3 is 2.42 bits per heavy atom. The van der Waals surface area contributed by atoms with Crippen molar-refractivity contribution < 1.29 is 18.3 Å². The molecular formula is C13H21NO4S. The summed E-state index contributed by atoms with van der Waals surface area (Å²) in [6.45, 7) is 2.25. The normalized spacial score (nSPS) is 13.7. The van der Waals surface area contributed by atoms with Crippen LogP contribution in [-0.4, -0.2) is 44.3 Å². The Balaban J connectivity index is 2.75. The molecule has 0 amide bonds. The average molecular weight is 287 g/mol. The van der Waals surface area contributed by atoms with Crippen molar-refractivity contribution in [1.29, 1.82) is 0 Å². The standard InChI is InChI=1S/C13H21NO4S/c1-11(12-5-7-13(15)8-6-12)14(2)19(16,17)10-4-9-18-3/h5-8,11,15H,4,9-10H2,1-3H3. The molecule has 1 aromatic carbocycles. The van der Waals surface area contributed by atoms with Gasteiger partial charge in [0.1, 0.15) is 5.75 Å². The number of sulfonamides is 1. The molecular weight excluding hydrogens is 266 g/mol. The minimum atomic E-state index is -3.30. The lowest BCUT2D eigenvalue weighted by Crippen LogP contribution is -2.32. The van der Waals surface area contributed by atoms with Gasteiger partial charge in [0.15, 0.2) is 0 Å². The number of hydrogen-bond acceptors (Lipinski definition) is 4. The molecule has 1 unspecified atom stereocenters. The minimum Gasteiger partial charge on any atom is -0.508 e. The van der Waals surface area contributed by atoms with Crippen molar-refractivity contribution in [2.45, 2.75) is 19.4 Å². The van der Waals surface area contributed by atoms with Gasteiger partial charge < -0.3 is 9.84 Å². The molecule has 0 bridgehead atoms. The molecule has 0 saturated carbocycles. The van der Waals surface area contributed by atoms with Crippen LogP contribution in [0.25, 0.3) is 0 Å². The average Bonchev–Trinajstić information content (AvgIpc) is 2.38. The smallest absolute Gasteiger partial charge is 0.214 e. The third-order valence-electron chi connectivity index (χ3n) is 3.11. The largest absolute Gasteiger partial charge is 0.508 e. The third-order valence-corrected chi connectivity index (χ3v) is 5.11. The van der Waals surface area contributed by atoms with Crippen LogP contribution in [0.4, 0.5) is 0 Å². The number of methoxy groups -OCH3 is 1. The Morgan fingerprint density at radius 2 is 1.89 bits per heavy atom. The number of hydrogen-bond donors (Lipinski definition) is 1. The molecule has 108 valence electrons. The lowest BCUT2D eigenvalue weighted by molar-refractivity contribution is 0.199. The highest BCUT2D eigenvalue weighted by Gasteiger charge is 2.23. The lowest BCUT2D eigenvalue weighted by Gasteiger charge is -2.24. The molecule has 5 nitrogen and oxygen atoms in total. The molecule has 1 atom stereocenters.